The van der Waals surface area contributed by atoms with Crippen LogP contribution in [0.2, 0.25) is 0 Å². The zero-order chi connectivity index (χ0) is 13.2. The topological polar surface area (TPSA) is 52.6 Å². The fourth-order valence-electron chi connectivity index (χ4n) is 1.36. The largest absolute Gasteiger partial charge is 0.425 e. The van der Waals surface area contributed by atoms with E-state index in [2.05, 4.69) is 22.0 Å². The monoisotopic (exact) mass is 299 g/mol. The number of aryl methyl sites for hydroxylation is 2. The predicted octanol–water partition coefficient (Wildman–Crippen LogP) is 2.72. The molecule has 0 atom stereocenters. The summed E-state index contributed by atoms with van der Waals surface area (Å²) < 4.78 is 10.5. The van der Waals surface area contributed by atoms with E-state index in [9.17, 15) is 9.59 Å². The van der Waals surface area contributed by atoms with Crippen LogP contribution in [0.5, 0.6) is 11.5 Å². The van der Waals surface area contributed by atoms with Crippen molar-refractivity contribution in [1.82, 2.24) is 0 Å². The van der Waals surface area contributed by atoms with Crippen LogP contribution in [-0.4, -0.2) is 11.9 Å². The predicted molar refractivity (Wildman–Crippen MR) is 65.1 cm³/mol. The Hall–Kier alpha value is -1.36. The number of carbonyl (C=O) groups is 2. The van der Waals surface area contributed by atoms with Gasteiger partial charge in [-0.25, -0.2) is 0 Å². The average Bonchev–Trinajstić information content (AvgIpc) is 2.18. The quantitative estimate of drug-likeness (QED) is 0.622. The maximum Gasteiger partial charge on any atom is 0.308 e. The number of hydrogen-bond acceptors (Lipinski definition) is 4. The molecule has 0 saturated heterocycles. The molecular formula is C12H12BrO4. The van der Waals surface area contributed by atoms with E-state index in [0.717, 1.165) is 0 Å². The molecule has 4 nitrogen and oxygen atoms in total. The molecule has 0 fully saturated rings. The first-order valence-electron chi connectivity index (χ1n) is 4.91. The first kappa shape index (κ1) is 13.7. The Morgan fingerprint density at radius 3 is 1.65 bits per heavy atom. The molecule has 0 aliphatic rings. The van der Waals surface area contributed by atoms with Gasteiger partial charge in [-0.3, -0.25) is 9.59 Å². The molecule has 5 heteroatoms. The zero-order valence-electron chi connectivity index (χ0n) is 10.0. The number of hydrogen-bond donors (Lipinski definition) is 0. The fourth-order valence-corrected chi connectivity index (χ4v) is 2.11. The van der Waals surface area contributed by atoms with Crippen LogP contribution in [0.25, 0.3) is 0 Å². The molecule has 1 radical (unpaired) electrons. The van der Waals surface area contributed by atoms with Crippen molar-refractivity contribution in [2.45, 2.75) is 27.7 Å². The Balaban J connectivity index is 3.31. The number of rotatable bonds is 2. The Morgan fingerprint density at radius 2 is 1.35 bits per heavy atom. The van der Waals surface area contributed by atoms with Gasteiger partial charge in [0, 0.05) is 25.0 Å². The number of esters is 2. The van der Waals surface area contributed by atoms with Crippen molar-refractivity contribution in [2.24, 2.45) is 0 Å². The lowest BCUT2D eigenvalue weighted by atomic mass is 10.1. The second kappa shape index (κ2) is 5.31. The number of halogens is 1. The molecular weight excluding hydrogens is 288 g/mol. The summed E-state index contributed by atoms with van der Waals surface area (Å²) in [5.74, 6) is -0.252. The summed E-state index contributed by atoms with van der Waals surface area (Å²) >= 11 is 3.27. The fraction of sp³-hybridized carbons (Fsp3) is 0.333. The molecule has 0 amide bonds. The Bertz CT molecular complexity index is 440. The molecule has 0 unspecified atom stereocenters. The molecule has 0 bridgehead atoms. The van der Waals surface area contributed by atoms with E-state index >= 15 is 0 Å². The van der Waals surface area contributed by atoms with Gasteiger partial charge in [0.1, 0.15) is 4.47 Å². The summed E-state index contributed by atoms with van der Waals surface area (Å²) in [6.07, 6.45) is 0. The minimum absolute atomic E-state index is 0.319. The van der Waals surface area contributed by atoms with Gasteiger partial charge in [0.2, 0.25) is 0 Å². The molecule has 0 heterocycles. The molecule has 91 valence electrons. The molecule has 0 N–H and O–H groups in total. The van der Waals surface area contributed by atoms with Gasteiger partial charge in [-0.2, -0.15) is 0 Å². The lowest BCUT2D eigenvalue weighted by molar-refractivity contribution is -0.132. The maximum absolute atomic E-state index is 11.0. The highest BCUT2D eigenvalue weighted by Crippen LogP contribution is 2.39. The lowest BCUT2D eigenvalue weighted by Gasteiger charge is -2.13. The summed E-state index contributed by atoms with van der Waals surface area (Å²) in [7, 11) is 0. The van der Waals surface area contributed by atoms with Crippen LogP contribution in [0.15, 0.2) is 4.47 Å². The average molecular weight is 300 g/mol. The SMILES string of the molecule is CC(=O)Oc1c(C)[c]c(C)c(OC(C)=O)c1Br. The van der Waals surface area contributed by atoms with E-state index in [1.807, 2.05) is 0 Å². The van der Waals surface area contributed by atoms with Crippen LogP contribution < -0.4 is 9.47 Å². The highest BCUT2D eigenvalue weighted by Gasteiger charge is 2.17. The van der Waals surface area contributed by atoms with Crippen molar-refractivity contribution in [3.05, 3.63) is 21.7 Å². The third kappa shape index (κ3) is 3.30. The van der Waals surface area contributed by atoms with Crippen molar-refractivity contribution in [3.8, 4) is 11.5 Å². The van der Waals surface area contributed by atoms with Crippen LogP contribution >= 0.6 is 15.9 Å². The van der Waals surface area contributed by atoms with E-state index in [0.29, 0.717) is 27.1 Å². The summed E-state index contributed by atoms with van der Waals surface area (Å²) in [4.78, 5) is 21.9. The summed E-state index contributed by atoms with van der Waals surface area (Å²) in [6.45, 7) is 6.12. The highest BCUT2D eigenvalue weighted by molar-refractivity contribution is 9.10. The summed E-state index contributed by atoms with van der Waals surface area (Å²) in [5.41, 5.74) is 1.33. The van der Waals surface area contributed by atoms with E-state index < -0.39 is 11.9 Å². The molecule has 0 saturated carbocycles. The Kier molecular flexibility index (Phi) is 4.28. The van der Waals surface area contributed by atoms with Crippen LogP contribution in [0.4, 0.5) is 0 Å². The van der Waals surface area contributed by atoms with Crippen LogP contribution in [0.3, 0.4) is 0 Å². The van der Waals surface area contributed by atoms with Crippen LogP contribution in [0, 0.1) is 19.9 Å². The normalized spacial score (nSPS) is 9.94. The van der Waals surface area contributed by atoms with Gasteiger partial charge in [0.25, 0.3) is 0 Å². The number of ether oxygens (including phenoxy) is 2. The second-order valence-corrected chi connectivity index (χ2v) is 4.33. The van der Waals surface area contributed by atoms with Gasteiger partial charge in [0.15, 0.2) is 11.5 Å². The third-order valence-corrected chi connectivity index (χ3v) is 2.67. The molecule has 0 spiro atoms. The Morgan fingerprint density at radius 1 is 1.00 bits per heavy atom. The molecule has 1 aromatic rings. The van der Waals surface area contributed by atoms with E-state index in [1.54, 1.807) is 13.8 Å². The summed E-state index contributed by atoms with van der Waals surface area (Å²) in [6, 6.07) is 2.97. The zero-order valence-corrected chi connectivity index (χ0v) is 11.6. The Labute approximate surface area is 108 Å². The van der Waals surface area contributed by atoms with Crippen molar-refractivity contribution < 1.29 is 19.1 Å². The van der Waals surface area contributed by atoms with Gasteiger partial charge in [-0.15, -0.1) is 0 Å². The van der Waals surface area contributed by atoms with Gasteiger partial charge in [-0.05, 0) is 35.8 Å². The van der Waals surface area contributed by atoms with E-state index in [-0.39, 0.29) is 0 Å². The van der Waals surface area contributed by atoms with Crippen LogP contribution in [-0.2, 0) is 9.59 Å². The van der Waals surface area contributed by atoms with E-state index in [1.165, 1.54) is 13.8 Å². The smallest absolute Gasteiger partial charge is 0.308 e. The minimum Gasteiger partial charge on any atom is -0.425 e. The maximum atomic E-state index is 11.0. The van der Waals surface area contributed by atoms with Crippen LogP contribution in [0.1, 0.15) is 25.0 Å². The standard InChI is InChI=1S/C12H12BrO4/c1-6-5-7(2)12(17-9(4)15)10(13)11(6)16-8(3)14/h1-4H3. The number of carbonyl (C=O) groups excluding carboxylic acids is 2. The molecule has 1 aromatic carbocycles. The second-order valence-electron chi connectivity index (χ2n) is 3.53. The van der Waals surface area contributed by atoms with Crippen molar-refractivity contribution in [3.63, 3.8) is 0 Å². The van der Waals surface area contributed by atoms with E-state index in [4.69, 9.17) is 9.47 Å². The summed E-state index contributed by atoms with van der Waals surface area (Å²) in [5, 5.41) is 0. The van der Waals surface area contributed by atoms with Gasteiger partial charge >= 0.3 is 11.9 Å². The molecule has 17 heavy (non-hydrogen) atoms. The first-order valence-corrected chi connectivity index (χ1v) is 5.71. The van der Waals surface area contributed by atoms with Gasteiger partial charge < -0.3 is 9.47 Å². The molecule has 1 rings (SSSR count). The molecule has 0 aliphatic carbocycles. The van der Waals surface area contributed by atoms with Gasteiger partial charge in [0.05, 0.1) is 0 Å². The van der Waals surface area contributed by atoms with Crippen molar-refractivity contribution in [1.29, 1.82) is 0 Å². The first-order chi connectivity index (χ1) is 7.82. The molecule has 0 aromatic heterocycles. The highest BCUT2D eigenvalue weighted by atomic mass is 79.9. The molecule has 0 aliphatic heterocycles. The number of benzene rings is 1. The third-order valence-electron chi connectivity index (χ3n) is 1.95. The lowest BCUT2D eigenvalue weighted by Crippen LogP contribution is -2.08. The minimum atomic E-state index is -0.445. The van der Waals surface area contributed by atoms with Crippen molar-refractivity contribution in [2.75, 3.05) is 0 Å². The van der Waals surface area contributed by atoms with Gasteiger partial charge in [-0.1, -0.05) is 0 Å². The van der Waals surface area contributed by atoms with Crippen molar-refractivity contribution >= 4 is 27.9 Å².